The van der Waals surface area contributed by atoms with E-state index >= 15 is 0 Å². The molecule has 0 unspecified atom stereocenters. The quantitative estimate of drug-likeness (QED) is 0.168. The van der Waals surface area contributed by atoms with Gasteiger partial charge in [0.05, 0.1) is 12.0 Å². The van der Waals surface area contributed by atoms with Crippen LogP contribution in [0.2, 0.25) is 0 Å². The van der Waals surface area contributed by atoms with Gasteiger partial charge in [0.25, 0.3) is 0 Å². The molecule has 1 rings (SSSR count). The standard InChI is InChI=1S/C25H36O5/c1-5-7-8-11-18-28-22-16-14-21(15-17-22)12-9-10-13-23(26)29-19-20-30-24(27)25(3,4)6-2/h9-10,12-17H,5-8,11,18-20H2,1-4H3/b12-9+,13-10+. The monoisotopic (exact) mass is 416 g/mol. The van der Waals surface area contributed by atoms with Crippen LogP contribution in [0, 0.1) is 5.41 Å². The predicted molar refractivity (Wildman–Crippen MR) is 120 cm³/mol. The van der Waals surface area contributed by atoms with E-state index in [1.807, 2.05) is 51.1 Å². The van der Waals surface area contributed by atoms with E-state index in [9.17, 15) is 9.59 Å². The van der Waals surface area contributed by atoms with E-state index < -0.39 is 11.4 Å². The molecule has 0 saturated carbocycles. The lowest BCUT2D eigenvalue weighted by Gasteiger charge is -2.20. The molecule has 0 bridgehead atoms. The Bertz CT molecular complexity index is 686. The van der Waals surface area contributed by atoms with E-state index in [0.29, 0.717) is 6.42 Å². The topological polar surface area (TPSA) is 61.8 Å². The first-order valence-electron chi connectivity index (χ1n) is 10.8. The van der Waals surface area contributed by atoms with Crippen LogP contribution in [-0.4, -0.2) is 31.8 Å². The summed E-state index contributed by atoms with van der Waals surface area (Å²) in [5.74, 6) is 0.107. The van der Waals surface area contributed by atoms with Gasteiger partial charge in [0.2, 0.25) is 0 Å². The third-order valence-corrected chi connectivity index (χ3v) is 4.78. The van der Waals surface area contributed by atoms with Gasteiger partial charge in [-0.25, -0.2) is 4.79 Å². The van der Waals surface area contributed by atoms with E-state index in [4.69, 9.17) is 14.2 Å². The second kappa shape index (κ2) is 14.4. The highest BCUT2D eigenvalue weighted by atomic mass is 16.6. The molecule has 30 heavy (non-hydrogen) atoms. The summed E-state index contributed by atoms with van der Waals surface area (Å²) in [6, 6.07) is 7.82. The van der Waals surface area contributed by atoms with Crippen molar-refractivity contribution in [3.8, 4) is 5.75 Å². The summed E-state index contributed by atoms with van der Waals surface area (Å²) in [7, 11) is 0. The van der Waals surface area contributed by atoms with Gasteiger partial charge in [-0.2, -0.15) is 0 Å². The summed E-state index contributed by atoms with van der Waals surface area (Å²) in [4.78, 5) is 23.5. The first-order valence-corrected chi connectivity index (χ1v) is 10.8. The van der Waals surface area contributed by atoms with Crippen molar-refractivity contribution >= 4 is 18.0 Å². The van der Waals surface area contributed by atoms with Crippen LogP contribution in [0.25, 0.3) is 6.08 Å². The predicted octanol–water partition coefficient (Wildman–Crippen LogP) is 5.74. The highest BCUT2D eigenvalue weighted by Crippen LogP contribution is 2.21. The molecular weight excluding hydrogens is 380 g/mol. The van der Waals surface area contributed by atoms with Crippen molar-refractivity contribution in [3.05, 3.63) is 48.1 Å². The number of rotatable bonds is 14. The molecule has 0 heterocycles. The highest BCUT2D eigenvalue weighted by Gasteiger charge is 2.26. The van der Waals surface area contributed by atoms with Crippen LogP contribution in [0.3, 0.4) is 0 Å². The summed E-state index contributed by atoms with van der Waals surface area (Å²) in [5.41, 5.74) is 0.491. The Balaban J connectivity index is 2.26. The Morgan fingerprint density at radius 3 is 2.27 bits per heavy atom. The van der Waals surface area contributed by atoms with Crippen molar-refractivity contribution in [1.82, 2.24) is 0 Å². The van der Waals surface area contributed by atoms with Crippen LogP contribution in [-0.2, 0) is 19.1 Å². The van der Waals surface area contributed by atoms with Gasteiger partial charge in [-0.05, 0) is 44.4 Å². The molecule has 0 spiro atoms. The van der Waals surface area contributed by atoms with Gasteiger partial charge >= 0.3 is 11.9 Å². The molecule has 0 saturated heterocycles. The van der Waals surface area contributed by atoms with Crippen molar-refractivity contribution in [1.29, 1.82) is 0 Å². The average Bonchev–Trinajstić information content (AvgIpc) is 2.74. The third kappa shape index (κ3) is 10.8. The number of ether oxygens (including phenoxy) is 3. The zero-order valence-electron chi connectivity index (χ0n) is 18.8. The molecule has 0 radical (unpaired) electrons. The minimum absolute atomic E-state index is 0.0400. The Morgan fingerprint density at radius 2 is 1.60 bits per heavy atom. The van der Waals surface area contributed by atoms with Gasteiger partial charge < -0.3 is 14.2 Å². The molecule has 5 heteroatoms. The van der Waals surface area contributed by atoms with Crippen LogP contribution < -0.4 is 4.74 Å². The zero-order valence-corrected chi connectivity index (χ0v) is 18.8. The lowest BCUT2D eigenvalue weighted by atomic mass is 9.91. The van der Waals surface area contributed by atoms with Gasteiger partial charge in [0.1, 0.15) is 19.0 Å². The molecule has 0 aliphatic rings. The second-order valence-corrected chi connectivity index (χ2v) is 7.74. The number of hydrogen-bond donors (Lipinski definition) is 0. The van der Waals surface area contributed by atoms with Gasteiger partial charge in [0.15, 0.2) is 0 Å². The molecule has 0 aliphatic carbocycles. The maximum atomic E-state index is 11.8. The third-order valence-electron chi connectivity index (χ3n) is 4.78. The lowest BCUT2D eigenvalue weighted by Crippen LogP contribution is -2.27. The average molecular weight is 417 g/mol. The minimum atomic E-state index is -0.520. The van der Waals surface area contributed by atoms with Crippen molar-refractivity contribution in [2.24, 2.45) is 5.41 Å². The van der Waals surface area contributed by atoms with Crippen LogP contribution in [0.1, 0.15) is 65.4 Å². The SMILES string of the molecule is CCCCCCOc1ccc(/C=C/C=C/C(=O)OCCOC(=O)C(C)(C)CC)cc1. The van der Waals surface area contributed by atoms with Crippen LogP contribution in [0.5, 0.6) is 5.75 Å². The Hall–Kier alpha value is -2.56. The summed E-state index contributed by atoms with van der Waals surface area (Å²) in [6.45, 7) is 8.62. The summed E-state index contributed by atoms with van der Waals surface area (Å²) in [6.07, 6.45) is 12.1. The van der Waals surface area contributed by atoms with Gasteiger partial charge in [-0.3, -0.25) is 4.79 Å². The molecule has 0 atom stereocenters. The normalized spacial score (nSPS) is 11.7. The van der Waals surface area contributed by atoms with Crippen molar-refractivity contribution < 1.29 is 23.8 Å². The second-order valence-electron chi connectivity index (χ2n) is 7.74. The Morgan fingerprint density at radius 1 is 0.900 bits per heavy atom. The van der Waals surface area contributed by atoms with Crippen molar-refractivity contribution in [2.45, 2.75) is 59.8 Å². The van der Waals surface area contributed by atoms with Crippen LogP contribution in [0.4, 0.5) is 0 Å². The smallest absolute Gasteiger partial charge is 0.330 e. The summed E-state index contributed by atoms with van der Waals surface area (Å²) in [5, 5.41) is 0. The van der Waals surface area contributed by atoms with E-state index in [1.165, 1.54) is 25.3 Å². The first kappa shape index (κ1) is 25.5. The summed E-state index contributed by atoms with van der Waals surface area (Å²) < 4.78 is 15.9. The van der Waals surface area contributed by atoms with Gasteiger partial charge in [-0.1, -0.05) is 63.5 Å². The van der Waals surface area contributed by atoms with Crippen molar-refractivity contribution in [2.75, 3.05) is 19.8 Å². The molecule has 0 amide bonds. The highest BCUT2D eigenvalue weighted by molar-refractivity contribution is 5.82. The molecular formula is C25H36O5. The van der Waals surface area contributed by atoms with E-state index in [-0.39, 0.29) is 19.2 Å². The largest absolute Gasteiger partial charge is 0.494 e. The molecule has 166 valence electrons. The number of carbonyl (C=O) groups excluding carboxylic acids is 2. The fraction of sp³-hybridized carbons (Fsp3) is 0.520. The maximum Gasteiger partial charge on any atom is 0.330 e. The molecule has 0 aromatic heterocycles. The first-order chi connectivity index (χ1) is 14.4. The van der Waals surface area contributed by atoms with Gasteiger partial charge in [-0.15, -0.1) is 0 Å². The minimum Gasteiger partial charge on any atom is -0.494 e. The van der Waals surface area contributed by atoms with E-state index in [2.05, 4.69) is 6.92 Å². The Labute approximate surface area is 181 Å². The molecule has 0 fully saturated rings. The zero-order chi connectivity index (χ0) is 22.2. The van der Waals surface area contributed by atoms with Gasteiger partial charge in [0, 0.05) is 6.08 Å². The molecule has 1 aromatic carbocycles. The molecule has 0 aliphatic heterocycles. The number of carbonyl (C=O) groups is 2. The van der Waals surface area contributed by atoms with Crippen LogP contribution in [0.15, 0.2) is 42.5 Å². The fourth-order valence-corrected chi connectivity index (χ4v) is 2.36. The van der Waals surface area contributed by atoms with E-state index in [0.717, 1.165) is 24.3 Å². The molecule has 0 N–H and O–H groups in total. The number of hydrogen-bond acceptors (Lipinski definition) is 5. The van der Waals surface area contributed by atoms with E-state index in [1.54, 1.807) is 12.2 Å². The summed E-state index contributed by atoms with van der Waals surface area (Å²) >= 11 is 0. The maximum absolute atomic E-state index is 11.8. The lowest BCUT2D eigenvalue weighted by molar-refractivity contribution is -0.157. The Kier molecular flexibility index (Phi) is 12.3. The number of esters is 2. The molecule has 1 aromatic rings. The fourth-order valence-electron chi connectivity index (χ4n) is 2.36. The van der Waals surface area contributed by atoms with Crippen LogP contribution >= 0.6 is 0 Å². The molecule has 5 nitrogen and oxygen atoms in total. The number of benzene rings is 1. The van der Waals surface area contributed by atoms with Crippen molar-refractivity contribution in [3.63, 3.8) is 0 Å². The number of unbranched alkanes of at least 4 members (excludes halogenated alkanes) is 3. The number of allylic oxidation sites excluding steroid dienone is 2.